The second-order valence-corrected chi connectivity index (χ2v) is 9.79. The lowest BCUT2D eigenvalue weighted by atomic mass is 9.94. The number of aryl methyl sites for hydroxylation is 2. The molecule has 3 aromatic rings. The summed E-state index contributed by atoms with van der Waals surface area (Å²) in [5, 5.41) is 21.7. The summed E-state index contributed by atoms with van der Waals surface area (Å²) >= 11 is 0. The first kappa shape index (κ1) is 32.0. The molecule has 2 atom stereocenters. The molecule has 0 amide bonds. The van der Waals surface area contributed by atoms with E-state index in [1.165, 1.54) is 12.1 Å². The van der Waals surface area contributed by atoms with Crippen LogP contribution in [0.3, 0.4) is 0 Å². The van der Waals surface area contributed by atoms with Gasteiger partial charge in [-0.05, 0) is 84.3 Å². The molecule has 0 aliphatic carbocycles. The molecule has 11 heteroatoms. The summed E-state index contributed by atoms with van der Waals surface area (Å²) < 4.78 is 83.6. The Morgan fingerprint density at radius 1 is 0.902 bits per heavy atom. The van der Waals surface area contributed by atoms with Gasteiger partial charge in [0.05, 0.1) is 12.0 Å². The summed E-state index contributed by atoms with van der Waals surface area (Å²) in [6.07, 6.45) is -11.9. The fourth-order valence-electron chi connectivity index (χ4n) is 4.55. The Hall–Kier alpha value is -3.57. The van der Waals surface area contributed by atoms with Crippen molar-refractivity contribution in [1.29, 1.82) is 0 Å². The molecule has 3 aromatic carbocycles. The van der Waals surface area contributed by atoms with Gasteiger partial charge >= 0.3 is 18.3 Å². The third-order valence-corrected chi connectivity index (χ3v) is 6.51. The Morgan fingerprint density at radius 3 is 1.98 bits per heavy atom. The van der Waals surface area contributed by atoms with Crippen molar-refractivity contribution in [2.75, 3.05) is 6.54 Å². The van der Waals surface area contributed by atoms with Crippen LogP contribution in [-0.2, 0) is 11.0 Å². The zero-order valence-electron chi connectivity index (χ0n) is 22.4. The molecule has 3 N–H and O–H groups in total. The molecule has 0 fully saturated rings. The molecule has 0 heterocycles. The maximum Gasteiger partial charge on any atom is 0.416 e. The monoisotopic (exact) mass is 583 g/mol. The number of benzene rings is 3. The van der Waals surface area contributed by atoms with Gasteiger partial charge in [0.15, 0.2) is 0 Å². The Kier molecular flexibility index (Phi) is 10.4. The van der Waals surface area contributed by atoms with E-state index >= 15 is 0 Å². The van der Waals surface area contributed by atoms with Crippen molar-refractivity contribution in [1.82, 2.24) is 5.32 Å². The van der Waals surface area contributed by atoms with E-state index in [-0.39, 0.29) is 25.8 Å². The van der Waals surface area contributed by atoms with Crippen LogP contribution in [0.2, 0.25) is 0 Å². The van der Waals surface area contributed by atoms with E-state index in [0.717, 1.165) is 28.8 Å². The van der Waals surface area contributed by atoms with Gasteiger partial charge in [-0.25, -0.2) is 0 Å². The zero-order chi connectivity index (χ0) is 30.4. The number of carbonyl (C=O) groups is 1. The quantitative estimate of drug-likeness (QED) is 0.149. The number of nitrogens with one attached hydrogen (secondary N) is 1. The van der Waals surface area contributed by atoms with Gasteiger partial charge in [-0.1, -0.05) is 36.4 Å². The van der Waals surface area contributed by atoms with Gasteiger partial charge in [0, 0.05) is 13.0 Å². The lowest BCUT2D eigenvalue weighted by molar-refractivity contribution is -0.138. The molecule has 222 valence electrons. The number of halogens is 6. The third kappa shape index (κ3) is 9.50. The van der Waals surface area contributed by atoms with Crippen molar-refractivity contribution in [3.8, 4) is 16.9 Å². The van der Waals surface area contributed by atoms with Crippen LogP contribution in [0.15, 0.2) is 60.7 Å². The predicted octanol–water partition coefficient (Wildman–Crippen LogP) is 7.90. The Morgan fingerprint density at radius 2 is 1.46 bits per heavy atom. The molecule has 0 aliphatic heterocycles. The second-order valence-electron chi connectivity index (χ2n) is 9.79. The minimum atomic E-state index is -4.45. The molecule has 0 aliphatic rings. The summed E-state index contributed by atoms with van der Waals surface area (Å²) in [5.74, 6) is -0.621. The fraction of sp³-hybridized carbons (Fsp3) is 0.367. The normalized spacial score (nSPS) is 13.6. The standard InChI is InChI=1S/C30H31F6NO4/c1-18-16-24(17-19(2)27(18)21-9-11-23(12-10-21)30(34,35)36)41-25(4-3-14-29(31,32)33)20-5-7-22(8-6-20)28(40)37-15-13-26(38)39/h5-12,16-17,25,28,37,40H,3-4,13-15H2,1-2H3,(H,38,39). The Labute approximate surface area is 233 Å². The SMILES string of the molecule is Cc1cc(OC(CCCC(F)(F)F)c2ccc(C(O)NCCC(=O)O)cc2)cc(C)c1-c1ccc(C(F)(F)F)cc1. The average molecular weight is 584 g/mol. The Bertz CT molecular complexity index is 1280. The van der Waals surface area contributed by atoms with Crippen molar-refractivity contribution in [3.63, 3.8) is 0 Å². The summed E-state index contributed by atoms with van der Waals surface area (Å²) in [7, 11) is 0. The van der Waals surface area contributed by atoms with Crippen LogP contribution in [0.25, 0.3) is 11.1 Å². The van der Waals surface area contributed by atoms with E-state index in [1.807, 2.05) is 0 Å². The van der Waals surface area contributed by atoms with E-state index in [0.29, 0.717) is 22.4 Å². The maximum atomic E-state index is 13.0. The molecule has 0 spiro atoms. The number of ether oxygens (including phenoxy) is 1. The van der Waals surface area contributed by atoms with Gasteiger partial charge < -0.3 is 14.9 Å². The number of carboxylic acid groups (broad SMARTS) is 1. The van der Waals surface area contributed by atoms with E-state index < -0.39 is 42.6 Å². The van der Waals surface area contributed by atoms with Crippen molar-refractivity contribution in [3.05, 3.63) is 88.5 Å². The fourth-order valence-corrected chi connectivity index (χ4v) is 4.55. The van der Waals surface area contributed by atoms with E-state index in [1.54, 1.807) is 50.2 Å². The molecule has 0 saturated heterocycles. The minimum Gasteiger partial charge on any atom is -0.486 e. The van der Waals surface area contributed by atoms with Gasteiger partial charge in [0.1, 0.15) is 18.1 Å². The highest BCUT2D eigenvalue weighted by Crippen LogP contribution is 2.36. The highest BCUT2D eigenvalue weighted by Gasteiger charge is 2.30. The molecule has 0 bridgehead atoms. The van der Waals surface area contributed by atoms with Crippen LogP contribution in [0, 0.1) is 13.8 Å². The first-order chi connectivity index (χ1) is 19.1. The first-order valence-electron chi connectivity index (χ1n) is 12.9. The van der Waals surface area contributed by atoms with Gasteiger partial charge in [0.2, 0.25) is 0 Å². The summed E-state index contributed by atoms with van der Waals surface area (Å²) in [6, 6.07) is 14.6. The van der Waals surface area contributed by atoms with Crippen molar-refractivity contribution in [2.24, 2.45) is 0 Å². The van der Waals surface area contributed by atoms with E-state index in [9.17, 15) is 36.2 Å². The van der Waals surface area contributed by atoms with Crippen LogP contribution in [0.4, 0.5) is 26.3 Å². The number of hydrogen-bond donors (Lipinski definition) is 3. The maximum absolute atomic E-state index is 13.0. The molecular weight excluding hydrogens is 552 g/mol. The van der Waals surface area contributed by atoms with E-state index in [2.05, 4.69) is 5.32 Å². The third-order valence-electron chi connectivity index (χ3n) is 6.51. The summed E-state index contributed by atoms with van der Waals surface area (Å²) in [6.45, 7) is 3.60. The van der Waals surface area contributed by atoms with Crippen LogP contribution in [-0.4, -0.2) is 28.9 Å². The smallest absolute Gasteiger partial charge is 0.416 e. The summed E-state index contributed by atoms with van der Waals surface area (Å²) in [4.78, 5) is 10.7. The van der Waals surface area contributed by atoms with Crippen LogP contribution >= 0.6 is 0 Å². The van der Waals surface area contributed by atoms with Crippen LogP contribution in [0.5, 0.6) is 5.75 Å². The number of aliphatic hydroxyl groups is 1. The number of rotatable bonds is 12. The molecular formula is C30H31F6NO4. The van der Waals surface area contributed by atoms with Gasteiger partial charge in [-0.15, -0.1) is 0 Å². The van der Waals surface area contributed by atoms with E-state index in [4.69, 9.17) is 9.84 Å². The molecule has 0 saturated carbocycles. The minimum absolute atomic E-state index is 0.0442. The second kappa shape index (κ2) is 13.4. The van der Waals surface area contributed by atoms with Crippen molar-refractivity contribution in [2.45, 2.75) is 64.2 Å². The first-order valence-corrected chi connectivity index (χ1v) is 12.9. The highest BCUT2D eigenvalue weighted by atomic mass is 19.4. The van der Waals surface area contributed by atoms with Gasteiger partial charge in [-0.3, -0.25) is 10.1 Å². The number of aliphatic carboxylic acids is 1. The van der Waals surface area contributed by atoms with Crippen LogP contribution in [0.1, 0.15) is 65.8 Å². The number of hydrogen-bond acceptors (Lipinski definition) is 4. The largest absolute Gasteiger partial charge is 0.486 e. The summed E-state index contributed by atoms with van der Waals surface area (Å²) in [5.41, 5.74) is 3.03. The lowest BCUT2D eigenvalue weighted by Gasteiger charge is -2.22. The topological polar surface area (TPSA) is 78.8 Å². The molecule has 3 rings (SSSR count). The number of alkyl halides is 6. The molecule has 41 heavy (non-hydrogen) atoms. The molecule has 0 aromatic heterocycles. The van der Waals surface area contributed by atoms with Gasteiger partial charge in [0.25, 0.3) is 0 Å². The molecule has 5 nitrogen and oxygen atoms in total. The highest BCUT2D eigenvalue weighted by molar-refractivity contribution is 5.72. The van der Waals surface area contributed by atoms with Gasteiger partial charge in [-0.2, -0.15) is 26.3 Å². The Balaban J connectivity index is 1.82. The lowest BCUT2D eigenvalue weighted by Crippen LogP contribution is -2.23. The molecule has 2 unspecified atom stereocenters. The number of aliphatic hydroxyl groups excluding tert-OH is 1. The predicted molar refractivity (Wildman–Crippen MR) is 141 cm³/mol. The van der Waals surface area contributed by atoms with Crippen molar-refractivity contribution < 1.29 is 46.1 Å². The zero-order valence-corrected chi connectivity index (χ0v) is 22.4. The average Bonchev–Trinajstić information content (AvgIpc) is 2.86. The number of carboxylic acids is 1. The van der Waals surface area contributed by atoms with Crippen LogP contribution < -0.4 is 10.1 Å². The molecule has 0 radical (unpaired) electrons. The van der Waals surface area contributed by atoms with Crippen molar-refractivity contribution >= 4 is 5.97 Å².